The van der Waals surface area contributed by atoms with Gasteiger partial charge >= 0.3 is 0 Å². The second kappa shape index (κ2) is 10.9. The number of benzene rings is 2. The molecule has 3 aromatic rings. The molecule has 1 heterocycles. The molecule has 30 heavy (non-hydrogen) atoms. The van der Waals surface area contributed by atoms with Gasteiger partial charge in [-0.25, -0.2) is 4.68 Å². The van der Waals surface area contributed by atoms with E-state index in [0.29, 0.717) is 31.3 Å². The number of ether oxygens (including phenoxy) is 2. The van der Waals surface area contributed by atoms with E-state index in [1.54, 1.807) is 12.3 Å². The van der Waals surface area contributed by atoms with Crippen LogP contribution in [-0.4, -0.2) is 35.4 Å². The molecule has 6 heteroatoms. The smallest absolute Gasteiger partial charge is 0.244 e. The highest BCUT2D eigenvalue weighted by Crippen LogP contribution is 2.29. The lowest BCUT2D eigenvalue weighted by atomic mass is 10.1. The summed E-state index contributed by atoms with van der Waals surface area (Å²) in [5.74, 6) is 1.26. The van der Waals surface area contributed by atoms with Crippen molar-refractivity contribution in [2.24, 2.45) is 0 Å². The largest absolute Gasteiger partial charge is 0.490 e. The van der Waals surface area contributed by atoms with Crippen LogP contribution in [0.3, 0.4) is 0 Å². The van der Waals surface area contributed by atoms with Crippen molar-refractivity contribution in [3.8, 4) is 17.2 Å². The zero-order chi connectivity index (χ0) is 21.2. The van der Waals surface area contributed by atoms with Crippen molar-refractivity contribution in [1.29, 1.82) is 0 Å². The van der Waals surface area contributed by atoms with Gasteiger partial charge in [-0.1, -0.05) is 18.2 Å². The molecule has 0 aliphatic carbocycles. The fourth-order valence-electron chi connectivity index (χ4n) is 2.97. The van der Waals surface area contributed by atoms with Gasteiger partial charge in [-0.05, 0) is 67.8 Å². The fraction of sp³-hybridized carbons (Fsp3) is 0.250. The van der Waals surface area contributed by atoms with Gasteiger partial charge in [-0.3, -0.25) is 4.79 Å². The molecule has 0 aliphatic heterocycles. The van der Waals surface area contributed by atoms with E-state index in [1.165, 1.54) is 6.08 Å². The van der Waals surface area contributed by atoms with Crippen molar-refractivity contribution in [2.75, 3.05) is 19.8 Å². The van der Waals surface area contributed by atoms with Crippen molar-refractivity contribution < 1.29 is 14.3 Å². The SMILES string of the molecule is CCOc1ccc(/C=C/C(=O)NCCc2ccc(-n3cccn3)cc2)cc1OCC. The summed E-state index contributed by atoms with van der Waals surface area (Å²) < 4.78 is 13.0. The average molecular weight is 405 g/mol. The van der Waals surface area contributed by atoms with E-state index in [-0.39, 0.29) is 5.91 Å². The molecule has 0 saturated carbocycles. The Balaban J connectivity index is 1.49. The minimum absolute atomic E-state index is 0.130. The average Bonchev–Trinajstić information content (AvgIpc) is 3.30. The first-order valence-corrected chi connectivity index (χ1v) is 10.1. The van der Waals surface area contributed by atoms with Gasteiger partial charge in [0.25, 0.3) is 0 Å². The Morgan fingerprint density at radius 3 is 2.53 bits per heavy atom. The quantitative estimate of drug-likeness (QED) is 0.517. The first-order chi connectivity index (χ1) is 14.7. The molecule has 0 saturated heterocycles. The van der Waals surface area contributed by atoms with E-state index >= 15 is 0 Å². The Morgan fingerprint density at radius 2 is 1.83 bits per heavy atom. The Hall–Kier alpha value is -3.54. The number of nitrogens with one attached hydrogen (secondary N) is 1. The molecule has 0 spiro atoms. The standard InChI is InChI=1S/C24H27N3O3/c1-3-29-22-12-8-20(18-23(22)30-4-2)9-13-24(28)25-16-14-19-6-10-21(11-7-19)27-17-5-15-26-27/h5-13,15,17-18H,3-4,14,16H2,1-2H3,(H,25,28)/b13-9+. The van der Waals surface area contributed by atoms with Gasteiger partial charge in [0.15, 0.2) is 11.5 Å². The molecule has 1 amide bonds. The number of amides is 1. The predicted molar refractivity (Wildman–Crippen MR) is 118 cm³/mol. The first kappa shape index (κ1) is 21.2. The van der Waals surface area contributed by atoms with Crippen molar-refractivity contribution in [3.05, 3.63) is 78.1 Å². The number of rotatable bonds is 10. The van der Waals surface area contributed by atoms with Crippen LogP contribution in [0.1, 0.15) is 25.0 Å². The lowest BCUT2D eigenvalue weighted by Gasteiger charge is -2.11. The highest BCUT2D eigenvalue weighted by molar-refractivity contribution is 5.91. The zero-order valence-corrected chi connectivity index (χ0v) is 17.4. The summed E-state index contributed by atoms with van der Waals surface area (Å²) in [6, 6.07) is 15.7. The molecule has 2 aromatic carbocycles. The lowest BCUT2D eigenvalue weighted by molar-refractivity contribution is -0.116. The number of hydrogen-bond donors (Lipinski definition) is 1. The molecule has 0 atom stereocenters. The number of nitrogens with zero attached hydrogens (tertiary/aromatic N) is 2. The van der Waals surface area contributed by atoms with E-state index < -0.39 is 0 Å². The van der Waals surface area contributed by atoms with Crippen LogP contribution in [0.25, 0.3) is 11.8 Å². The third-order valence-electron chi connectivity index (χ3n) is 4.41. The van der Waals surface area contributed by atoms with Gasteiger partial charge < -0.3 is 14.8 Å². The minimum Gasteiger partial charge on any atom is -0.490 e. The minimum atomic E-state index is -0.130. The Kier molecular flexibility index (Phi) is 7.66. The fourth-order valence-corrected chi connectivity index (χ4v) is 2.97. The van der Waals surface area contributed by atoms with Crippen molar-refractivity contribution in [2.45, 2.75) is 20.3 Å². The molecule has 1 N–H and O–H groups in total. The van der Waals surface area contributed by atoms with Crippen LogP contribution >= 0.6 is 0 Å². The first-order valence-electron chi connectivity index (χ1n) is 10.1. The van der Waals surface area contributed by atoms with Crippen LogP contribution in [0.5, 0.6) is 11.5 Å². The van der Waals surface area contributed by atoms with Crippen LogP contribution in [-0.2, 0) is 11.2 Å². The molecule has 0 bridgehead atoms. The predicted octanol–water partition coefficient (Wildman–Crippen LogP) is 4.04. The lowest BCUT2D eigenvalue weighted by Crippen LogP contribution is -2.23. The third kappa shape index (κ3) is 5.98. The van der Waals surface area contributed by atoms with Crippen LogP contribution in [0.2, 0.25) is 0 Å². The molecule has 0 unspecified atom stereocenters. The van der Waals surface area contributed by atoms with Crippen molar-refractivity contribution >= 4 is 12.0 Å². The van der Waals surface area contributed by atoms with Crippen LogP contribution in [0.15, 0.2) is 67.0 Å². The van der Waals surface area contributed by atoms with Crippen molar-refractivity contribution in [3.63, 3.8) is 0 Å². The van der Waals surface area contributed by atoms with Gasteiger partial charge in [0, 0.05) is 25.0 Å². The maximum absolute atomic E-state index is 12.1. The third-order valence-corrected chi connectivity index (χ3v) is 4.41. The molecular formula is C24H27N3O3. The number of carbonyl (C=O) groups is 1. The Labute approximate surface area is 177 Å². The summed E-state index contributed by atoms with van der Waals surface area (Å²) in [4.78, 5) is 12.1. The highest BCUT2D eigenvalue weighted by Gasteiger charge is 2.05. The number of carbonyl (C=O) groups excluding carboxylic acids is 1. The summed E-state index contributed by atoms with van der Waals surface area (Å²) in [6.45, 7) is 5.55. The number of hydrogen-bond acceptors (Lipinski definition) is 4. The van der Waals surface area contributed by atoms with Gasteiger partial charge in [-0.2, -0.15) is 5.10 Å². The van der Waals surface area contributed by atoms with E-state index in [1.807, 2.05) is 73.3 Å². The van der Waals surface area contributed by atoms with Gasteiger partial charge in [-0.15, -0.1) is 0 Å². The van der Waals surface area contributed by atoms with Crippen LogP contribution < -0.4 is 14.8 Å². The maximum atomic E-state index is 12.1. The summed E-state index contributed by atoms with van der Waals surface area (Å²) in [5, 5.41) is 7.13. The molecule has 0 fully saturated rings. The molecule has 1 aromatic heterocycles. The van der Waals surface area contributed by atoms with Gasteiger partial charge in [0.2, 0.25) is 5.91 Å². The normalized spacial score (nSPS) is 10.9. The second-order valence-electron chi connectivity index (χ2n) is 6.56. The highest BCUT2D eigenvalue weighted by atomic mass is 16.5. The molecule has 156 valence electrons. The van der Waals surface area contributed by atoms with Gasteiger partial charge in [0.05, 0.1) is 18.9 Å². The van der Waals surface area contributed by atoms with Gasteiger partial charge in [0.1, 0.15) is 0 Å². The van der Waals surface area contributed by atoms with E-state index in [0.717, 1.165) is 23.2 Å². The topological polar surface area (TPSA) is 65.4 Å². The van der Waals surface area contributed by atoms with E-state index in [4.69, 9.17) is 9.47 Å². The monoisotopic (exact) mass is 405 g/mol. The molecule has 6 nitrogen and oxygen atoms in total. The molecule has 0 aliphatic rings. The second-order valence-corrected chi connectivity index (χ2v) is 6.56. The Morgan fingerprint density at radius 1 is 1.07 bits per heavy atom. The number of aromatic nitrogens is 2. The van der Waals surface area contributed by atoms with Crippen LogP contribution in [0.4, 0.5) is 0 Å². The Bertz CT molecular complexity index is 964. The molecule has 0 radical (unpaired) electrons. The summed E-state index contributed by atoms with van der Waals surface area (Å²) in [7, 11) is 0. The molecular weight excluding hydrogens is 378 g/mol. The summed E-state index contributed by atoms with van der Waals surface area (Å²) in [6.07, 6.45) is 7.72. The van der Waals surface area contributed by atoms with Crippen LogP contribution in [0, 0.1) is 0 Å². The summed E-state index contributed by atoms with van der Waals surface area (Å²) >= 11 is 0. The maximum Gasteiger partial charge on any atom is 0.244 e. The van der Waals surface area contributed by atoms with Crippen molar-refractivity contribution in [1.82, 2.24) is 15.1 Å². The molecule has 3 rings (SSSR count). The van der Waals surface area contributed by atoms with E-state index in [9.17, 15) is 4.79 Å². The summed E-state index contributed by atoms with van der Waals surface area (Å²) in [5.41, 5.74) is 3.05. The van der Waals surface area contributed by atoms with E-state index in [2.05, 4.69) is 10.4 Å². The zero-order valence-electron chi connectivity index (χ0n) is 17.4.